The highest BCUT2D eigenvalue weighted by molar-refractivity contribution is 6.00. The number of ether oxygens (including phenoxy) is 1. The van der Waals surface area contributed by atoms with Crippen LogP contribution in [-0.4, -0.2) is 36.7 Å². The van der Waals surface area contributed by atoms with Gasteiger partial charge in [-0.2, -0.15) is 0 Å². The van der Waals surface area contributed by atoms with Crippen molar-refractivity contribution in [1.29, 1.82) is 0 Å². The number of aryl methyl sites for hydroxylation is 1. The molecule has 4 N–H and O–H groups in total. The normalized spacial score (nSPS) is 11.9. The number of hydrogen-bond acceptors (Lipinski definition) is 4. The molecule has 104 valence electrons. The van der Waals surface area contributed by atoms with Gasteiger partial charge in [0.25, 0.3) is 0 Å². The highest BCUT2D eigenvalue weighted by atomic mass is 16.5. The molecule has 0 heterocycles. The molecule has 6 nitrogen and oxygen atoms in total. The first-order valence-electron chi connectivity index (χ1n) is 5.84. The maximum Gasteiger partial charge on any atom is 0.337 e. The van der Waals surface area contributed by atoms with E-state index in [2.05, 4.69) is 5.32 Å². The molecule has 0 aliphatic rings. The molecule has 1 aromatic carbocycles. The van der Waals surface area contributed by atoms with E-state index in [0.717, 1.165) is 5.56 Å². The molecule has 0 spiro atoms. The van der Waals surface area contributed by atoms with Crippen molar-refractivity contribution in [2.75, 3.05) is 19.0 Å². The maximum absolute atomic E-state index is 11.8. The Balaban J connectivity index is 2.82. The Morgan fingerprint density at radius 1 is 1.47 bits per heavy atom. The smallest absolute Gasteiger partial charge is 0.337 e. The monoisotopic (exact) mass is 266 g/mol. The van der Waals surface area contributed by atoms with Crippen LogP contribution in [0.4, 0.5) is 5.69 Å². The van der Waals surface area contributed by atoms with Crippen LogP contribution in [0.3, 0.4) is 0 Å². The number of carbonyl (C=O) groups is 2. The van der Waals surface area contributed by atoms with E-state index in [4.69, 9.17) is 15.6 Å². The van der Waals surface area contributed by atoms with Crippen LogP contribution in [0.15, 0.2) is 18.2 Å². The lowest BCUT2D eigenvalue weighted by molar-refractivity contribution is -0.118. The molecule has 0 bridgehead atoms. The van der Waals surface area contributed by atoms with Gasteiger partial charge in [-0.1, -0.05) is 11.6 Å². The number of benzene rings is 1. The van der Waals surface area contributed by atoms with Gasteiger partial charge >= 0.3 is 5.97 Å². The Bertz CT molecular complexity index is 470. The fourth-order valence-corrected chi connectivity index (χ4v) is 1.61. The molecule has 1 aromatic rings. The van der Waals surface area contributed by atoms with Crippen molar-refractivity contribution in [1.82, 2.24) is 0 Å². The molecular weight excluding hydrogens is 248 g/mol. The molecule has 0 fully saturated rings. The summed E-state index contributed by atoms with van der Waals surface area (Å²) in [5.41, 5.74) is 6.57. The SMILES string of the molecule is COC(CN)CC(=O)Nc1ccc(C)cc1C(=O)O. The lowest BCUT2D eigenvalue weighted by Crippen LogP contribution is -2.28. The third kappa shape index (κ3) is 4.35. The zero-order valence-corrected chi connectivity index (χ0v) is 11.0. The molecule has 1 amide bonds. The first kappa shape index (κ1) is 15.1. The molecule has 0 aliphatic carbocycles. The Morgan fingerprint density at radius 3 is 2.68 bits per heavy atom. The number of nitrogens with one attached hydrogen (secondary N) is 1. The van der Waals surface area contributed by atoms with Crippen LogP contribution in [-0.2, 0) is 9.53 Å². The summed E-state index contributed by atoms with van der Waals surface area (Å²) >= 11 is 0. The molecule has 19 heavy (non-hydrogen) atoms. The van der Waals surface area contributed by atoms with Crippen LogP contribution in [0.5, 0.6) is 0 Å². The van der Waals surface area contributed by atoms with Gasteiger partial charge in [0.05, 0.1) is 23.8 Å². The van der Waals surface area contributed by atoms with E-state index in [1.807, 2.05) is 0 Å². The Hall–Kier alpha value is -1.92. The molecule has 1 unspecified atom stereocenters. The molecule has 0 saturated carbocycles. The average Bonchev–Trinajstić information content (AvgIpc) is 2.37. The summed E-state index contributed by atoms with van der Waals surface area (Å²) in [7, 11) is 1.47. The van der Waals surface area contributed by atoms with Gasteiger partial charge in [0.15, 0.2) is 0 Å². The summed E-state index contributed by atoms with van der Waals surface area (Å²) in [6.45, 7) is 2.01. The van der Waals surface area contributed by atoms with E-state index in [1.54, 1.807) is 19.1 Å². The van der Waals surface area contributed by atoms with Crippen LogP contribution in [0, 0.1) is 6.92 Å². The standard InChI is InChI=1S/C13H18N2O4/c1-8-3-4-11(10(5-8)13(17)18)15-12(16)6-9(7-14)19-2/h3-5,9H,6-7,14H2,1-2H3,(H,15,16)(H,17,18). The Labute approximate surface area is 111 Å². The lowest BCUT2D eigenvalue weighted by Gasteiger charge is -2.14. The fraction of sp³-hybridized carbons (Fsp3) is 0.385. The number of anilines is 1. The van der Waals surface area contributed by atoms with Crippen molar-refractivity contribution in [3.05, 3.63) is 29.3 Å². The summed E-state index contributed by atoms with van der Waals surface area (Å²) < 4.78 is 5.00. The number of amides is 1. The van der Waals surface area contributed by atoms with Crippen molar-refractivity contribution in [3.8, 4) is 0 Å². The van der Waals surface area contributed by atoms with E-state index in [1.165, 1.54) is 13.2 Å². The van der Waals surface area contributed by atoms with E-state index >= 15 is 0 Å². The van der Waals surface area contributed by atoms with Gasteiger partial charge < -0.3 is 20.9 Å². The predicted octanol–water partition coefficient (Wildman–Crippen LogP) is 0.996. The number of carboxylic acids is 1. The maximum atomic E-state index is 11.8. The summed E-state index contributed by atoms with van der Waals surface area (Å²) in [5, 5.41) is 11.6. The Morgan fingerprint density at radius 2 is 2.16 bits per heavy atom. The van der Waals surface area contributed by atoms with Crippen molar-refractivity contribution < 1.29 is 19.4 Å². The van der Waals surface area contributed by atoms with Gasteiger partial charge in [-0.05, 0) is 19.1 Å². The Kier molecular flexibility index (Phi) is 5.47. The number of methoxy groups -OCH3 is 1. The van der Waals surface area contributed by atoms with Gasteiger partial charge in [0.1, 0.15) is 0 Å². The van der Waals surface area contributed by atoms with E-state index in [-0.39, 0.29) is 36.2 Å². The summed E-state index contributed by atoms with van der Waals surface area (Å²) in [6, 6.07) is 4.81. The second-order valence-electron chi connectivity index (χ2n) is 4.20. The largest absolute Gasteiger partial charge is 0.478 e. The van der Waals surface area contributed by atoms with Crippen molar-refractivity contribution in [3.63, 3.8) is 0 Å². The summed E-state index contributed by atoms with van der Waals surface area (Å²) in [6.07, 6.45) is -0.293. The second-order valence-corrected chi connectivity index (χ2v) is 4.20. The molecule has 1 atom stereocenters. The molecule has 0 aliphatic heterocycles. The number of aromatic carboxylic acids is 1. The van der Waals surface area contributed by atoms with Gasteiger partial charge in [-0.25, -0.2) is 4.79 Å². The van der Waals surface area contributed by atoms with Crippen LogP contribution in [0.25, 0.3) is 0 Å². The van der Waals surface area contributed by atoms with Gasteiger partial charge in [-0.15, -0.1) is 0 Å². The van der Waals surface area contributed by atoms with Crippen LogP contribution in [0.2, 0.25) is 0 Å². The van der Waals surface area contributed by atoms with E-state index < -0.39 is 5.97 Å². The number of carbonyl (C=O) groups excluding carboxylic acids is 1. The number of carboxylic acid groups (broad SMARTS) is 1. The molecule has 0 radical (unpaired) electrons. The third-order valence-corrected chi connectivity index (χ3v) is 2.69. The van der Waals surface area contributed by atoms with Crippen LogP contribution < -0.4 is 11.1 Å². The van der Waals surface area contributed by atoms with E-state index in [9.17, 15) is 9.59 Å². The van der Waals surface area contributed by atoms with Crippen molar-refractivity contribution in [2.24, 2.45) is 5.73 Å². The molecule has 1 rings (SSSR count). The topological polar surface area (TPSA) is 102 Å². The van der Waals surface area contributed by atoms with E-state index in [0.29, 0.717) is 0 Å². The average molecular weight is 266 g/mol. The summed E-state index contributed by atoms with van der Waals surface area (Å²) in [4.78, 5) is 22.9. The fourth-order valence-electron chi connectivity index (χ4n) is 1.61. The van der Waals surface area contributed by atoms with Crippen molar-refractivity contribution in [2.45, 2.75) is 19.4 Å². The summed E-state index contributed by atoms with van der Waals surface area (Å²) in [5.74, 6) is -1.41. The molecule has 6 heteroatoms. The molecule has 0 aromatic heterocycles. The lowest BCUT2D eigenvalue weighted by atomic mass is 10.1. The number of nitrogens with two attached hydrogens (primary N) is 1. The third-order valence-electron chi connectivity index (χ3n) is 2.69. The minimum Gasteiger partial charge on any atom is -0.478 e. The predicted molar refractivity (Wildman–Crippen MR) is 71.2 cm³/mol. The molecule has 0 saturated heterocycles. The highest BCUT2D eigenvalue weighted by Crippen LogP contribution is 2.18. The van der Waals surface area contributed by atoms with Gasteiger partial charge in [-0.3, -0.25) is 4.79 Å². The zero-order valence-electron chi connectivity index (χ0n) is 11.0. The first-order chi connectivity index (χ1) is 8.97. The van der Waals surface area contributed by atoms with Crippen LogP contribution in [0.1, 0.15) is 22.3 Å². The first-order valence-corrected chi connectivity index (χ1v) is 5.84. The van der Waals surface area contributed by atoms with Crippen LogP contribution >= 0.6 is 0 Å². The molecular formula is C13H18N2O4. The highest BCUT2D eigenvalue weighted by Gasteiger charge is 2.15. The zero-order chi connectivity index (χ0) is 14.4. The van der Waals surface area contributed by atoms with Crippen molar-refractivity contribution >= 4 is 17.6 Å². The van der Waals surface area contributed by atoms with Gasteiger partial charge in [0.2, 0.25) is 5.91 Å². The minimum absolute atomic E-state index is 0.0649. The van der Waals surface area contributed by atoms with Gasteiger partial charge in [0, 0.05) is 13.7 Å². The quantitative estimate of drug-likeness (QED) is 0.712. The minimum atomic E-state index is -1.08. The second kappa shape index (κ2) is 6.86. The number of hydrogen-bond donors (Lipinski definition) is 3. The number of rotatable bonds is 6.